The summed E-state index contributed by atoms with van der Waals surface area (Å²) in [6.07, 6.45) is 3.54. The zero-order valence-corrected chi connectivity index (χ0v) is 11.3. The second-order valence-corrected chi connectivity index (χ2v) is 4.87. The molecule has 0 unspecified atom stereocenters. The molecule has 88 valence electrons. The van der Waals surface area contributed by atoms with Gasteiger partial charge in [0.1, 0.15) is 17.4 Å². The van der Waals surface area contributed by atoms with E-state index < -0.39 is 0 Å². The summed E-state index contributed by atoms with van der Waals surface area (Å²) >= 11 is 2.04. The number of rotatable bonds is 2. The van der Waals surface area contributed by atoms with Crippen LogP contribution in [-0.4, -0.2) is 23.9 Å². The summed E-state index contributed by atoms with van der Waals surface area (Å²) in [6.45, 7) is 1.49. The molecule has 4 nitrogen and oxygen atoms in total. The lowest BCUT2D eigenvalue weighted by Crippen LogP contribution is -2.28. The molecule has 0 bridgehead atoms. The number of likely N-dealkylation sites (tertiary alicyclic amines) is 1. The van der Waals surface area contributed by atoms with E-state index >= 15 is 0 Å². The minimum atomic E-state index is -0.198. The van der Waals surface area contributed by atoms with E-state index in [9.17, 15) is 4.79 Å². The van der Waals surface area contributed by atoms with Gasteiger partial charge >= 0.3 is 0 Å². The maximum absolute atomic E-state index is 12.0. The van der Waals surface area contributed by atoms with E-state index in [0.717, 1.165) is 29.7 Å². The Kier molecular flexibility index (Phi) is 3.84. The first-order valence-corrected chi connectivity index (χ1v) is 6.45. The summed E-state index contributed by atoms with van der Waals surface area (Å²) in [5.41, 5.74) is 0.137. The smallest absolute Gasteiger partial charge is 0.264 e. The average molecular weight is 342 g/mol. The van der Waals surface area contributed by atoms with Gasteiger partial charge in [-0.25, -0.2) is 0 Å². The second kappa shape index (κ2) is 5.36. The van der Waals surface area contributed by atoms with E-state index in [1.807, 2.05) is 28.7 Å². The molecule has 0 N–H and O–H groups in total. The van der Waals surface area contributed by atoms with Crippen molar-refractivity contribution >= 4 is 34.6 Å². The fraction of sp³-hybridized carbons (Fsp3) is 0.333. The Labute approximate surface area is 113 Å². The normalized spacial score (nSPS) is 16.0. The summed E-state index contributed by atoms with van der Waals surface area (Å²) < 4.78 is 6.05. The molecule has 2 rings (SSSR count). The number of carbonyl (C=O) groups excluding carboxylic acids is 1. The van der Waals surface area contributed by atoms with Crippen LogP contribution in [-0.2, 0) is 4.79 Å². The molecule has 2 heterocycles. The molecule has 0 radical (unpaired) electrons. The predicted octanol–water partition coefficient (Wildman–Crippen LogP) is 2.41. The average Bonchev–Trinajstić information content (AvgIpc) is 2.96. The molecule has 1 aliphatic heterocycles. The van der Waals surface area contributed by atoms with Crippen LogP contribution < -0.4 is 0 Å². The molecule has 5 heteroatoms. The summed E-state index contributed by atoms with van der Waals surface area (Å²) in [5.74, 6) is 0.343. The van der Waals surface area contributed by atoms with Crippen molar-refractivity contribution in [2.45, 2.75) is 12.8 Å². The minimum Gasteiger partial charge on any atom is -0.451 e. The molecule has 0 atom stereocenters. The van der Waals surface area contributed by atoms with Gasteiger partial charge in [-0.05, 0) is 47.6 Å². The van der Waals surface area contributed by atoms with Gasteiger partial charge < -0.3 is 9.32 Å². The highest BCUT2D eigenvalue weighted by Gasteiger charge is 2.21. The largest absolute Gasteiger partial charge is 0.451 e. The fourth-order valence-electron chi connectivity index (χ4n) is 1.78. The first-order chi connectivity index (χ1) is 8.20. The molecule has 1 aromatic heterocycles. The highest BCUT2D eigenvalue weighted by Crippen LogP contribution is 2.16. The van der Waals surface area contributed by atoms with Gasteiger partial charge in [0.25, 0.3) is 5.91 Å². The lowest BCUT2D eigenvalue weighted by Gasteiger charge is -2.13. The van der Waals surface area contributed by atoms with Crippen LogP contribution in [0.1, 0.15) is 18.6 Å². The van der Waals surface area contributed by atoms with E-state index in [-0.39, 0.29) is 11.5 Å². The van der Waals surface area contributed by atoms with Crippen molar-refractivity contribution in [3.8, 4) is 6.07 Å². The SMILES string of the molecule is N#C/C(=C\c1ccc(I)o1)C(=O)N1CCCC1. The summed E-state index contributed by atoms with van der Waals surface area (Å²) in [7, 11) is 0. The molecule has 1 aromatic rings. The van der Waals surface area contributed by atoms with Crippen molar-refractivity contribution in [2.24, 2.45) is 0 Å². The van der Waals surface area contributed by atoms with Crippen molar-refractivity contribution in [3.63, 3.8) is 0 Å². The fourth-order valence-corrected chi connectivity index (χ4v) is 2.21. The lowest BCUT2D eigenvalue weighted by atomic mass is 10.2. The van der Waals surface area contributed by atoms with Gasteiger partial charge in [-0.2, -0.15) is 5.26 Å². The van der Waals surface area contributed by atoms with Gasteiger partial charge in [0.15, 0.2) is 3.77 Å². The third-order valence-corrected chi connectivity index (χ3v) is 3.20. The standard InChI is InChI=1S/C12H11IN2O2/c13-11-4-3-10(17-11)7-9(8-14)12(16)15-5-1-2-6-15/h3-4,7H,1-2,5-6H2/b9-7+. The van der Waals surface area contributed by atoms with Crippen molar-refractivity contribution in [1.82, 2.24) is 4.90 Å². The Morgan fingerprint density at radius 1 is 1.47 bits per heavy atom. The molecule has 0 spiro atoms. The molecular weight excluding hydrogens is 331 g/mol. The molecular formula is C12H11IN2O2. The number of nitriles is 1. The third kappa shape index (κ3) is 2.88. The maximum atomic E-state index is 12.0. The van der Waals surface area contributed by atoms with Crippen molar-refractivity contribution < 1.29 is 9.21 Å². The highest BCUT2D eigenvalue weighted by molar-refractivity contribution is 14.1. The molecule has 1 saturated heterocycles. The lowest BCUT2D eigenvalue weighted by molar-refractivity contribution is -0.125. The molecule has 1 aliphatic rings. The van der Waals surface area contributed by atoms with E-state index in [1.165, 1.54) is 6.08 Å². The van der Waals surface area contributed by atoms with Crippen LogP contribution in [0.3, 0.4) is 0 Å². The number of halogens is 1. The van der Waals surface area contributed by atoms with E-state index in [1.54, 1.807) is 17.0 Å². The van der Waals surface area contributed by atoms with Crippen LogP contribution in [0.4, 0.5) is 0 Å². The first kappa shape index (κ1) is 12.2. The Bertz CT molecular complexity index is 493. The molecule has 0 aromatic carbocycles. The van der Waals surface area contributed by atoms with Gasteiger partial charge in [0, 0.05) is 19.2 Å². The van der Waals surface area contributed by atoms with Gasteiger partial charge in [-0.3, -0.25) is 4.79 Å². The van der Waals surface area contributed by atoms with Gasteiger partial charge in [-0.15, -0.1) is 0 Å². The first-order valence-electron chi connectivity index (χ1n) is 5.37. The quantitative estimate of drug-likeness (QED) is 0.471. The van der Waals surface area contributed by atoms with Crippen molar-refractivity contribution in [3.05, 3.63) is 27.2 Å². The molecule has 1 fully saturated rings. The zero-order valence-electron chi connectivity index (χ0n) is 9.15. The number of carbonyl (C=O) groups is 1. The number of furan rings is 1. The van der Waals surface area contributed by atoms with Crippen LogP contribution >= 0.6 is 22.6 Å². The Hall–Kier alpha value is -1.29. The Balaban J connectivity index is 2.18. The van der Waals surface area contributed by atoms with Crippen LogP contribution in [0.15, 0.2) is 22.1 Å². The van der Waals surface area contributed by atoms with Crippen LogP contribution in [0.25, 0.3) is 6.08 Å². The minimum absolute atomic E-state index is 0.137. The van der Waals surface area contributed by atoms with Crippen LogP contribution in [0.5, 0.6) is 0 Å². The molecule has 1 amide bonds. The third-order valence-electron chi connectivity index (χ3n) is 2.62. The predicted molar refractivity (Wildman–Crippen MR) is 70.8 cm³/mol. The van der Waals surface area contributed by atoms with E-state index in [2.05, 4.69) is 0 Å². The van der Waals surface area contributed by atoms with E-state index in [4.69, 9.17) is 9.68 Å². The monoisotopic (exact) mass is 342 g/mol. The molecule has 0 saturated carbocycles. The summed E-state index contributed by atoms with van der Waals surface area (Å²) in [5, 5.41) is 9.02. The Morgan fingerprint density at radius 2 is 2.18 bits per heavy atom. The molecule has 17 heavy (non-hydrogen) atoms. The topological polar surface area (TPSA) is 57.2 Å². The van der Waals surface area contributed by atoms with Gasteiger partial charge in [0.05, 0.1) is 0 Å². The maximum Gasteiger partial charge on any atom is 0.264 e. The Morgan fingerprint density at radius 3 is 2.71 bits per heavy atom. The number of hydrogen-bond acceptors (Lipinski definition) is 3. The highest BCUT2D eigenvalue weighted by atomic mass is 127. The number of nitrogens with zero attached hydrogens (tertiary/aromatic N) is 2. The van der Waals surface area contributed by atoms with Crippen LogP contribution in [0, 0.1) is 15.1 Å². The summed E-state index contributed by atoms with van der Waals surface area (Å²) in [6, 6.07) is 5.48. The van der Waals surface area contributed by atoms with Gasteiger partial charge in [-0.1, -0.05) is 0 Å². The second-order valence-electron chi connectivity index (χ2n) is 3.81. The van der Waals surface area contributed by atoms with Gasteiger partial charge in [0.2, 0.25) is 0 Å². The number of hydrogen-bond donors (Lipinski definition) is 0. The van der Waals surface area contributed by atoms with Crippen molar-refractivity contribution in [1.29, 1.82) is 5.26 Å². The summed E-state index contributed by atoms with van der Waals surface area (Å²) in [4.78, 5) is 13.7. The molecule has 0 aliphatic carbocycles. The van der Waals surface area contributed by atoms with Crippen LogP contribution in [0.2, 0.25) is 0 Å². The van der Waals surface area contributed by atoms with Crippen molar-refractivity contribution in [2.75, 3.05) is 13.1 Å². The number of amides is 1. The zero-order chi connectivity index (χ0) is 12.3. The van der Waals surface area contributed by atoms with E-state index in [0.29, 0.717) is 5.76 Å².